The van der Waals surface area contributed by atoms with Crippen LogP contribution in [0, 0.1) is 5.92 Å². The molecule has 0 aliphatic heterocycles. The van der Waals surface area contributed by atoms with Gasteiger partial charge in [-0.1, -0.05) is 36.8 Å². The molecule has 0 bridgehead atoms. The quantitative estimate of drug-likeness (QED) is 0.811. The van der Waals surface area contributed by atoms with Crippen molar-refractivity contribution in [2.45, 2.75) is 38.8 Å². The normalized spacial score (nSPS) is 15.0. The average Bonchev–Trinajstić information content (AvgIpc) is 2.62. The van der Waals surface area contributed by atoms with Crippen molar-refractivity contribution < 1.29 is 9.59 Å². The third-order valence-corrected chi connectivity index (χ3v) is 4.86. The smallest absolute Gasteiger partial charge is 0.313 e. The summed E-state index contributed by atoms with van der Waals surface area (Å²) < 4.78 is 1.76. The number of hydrogen-bond acceptors (Lipinski definition) is 3. The van der Waals surface area contributed by atoms with Crippen LogP contribution >= 0.6 is 0 Å². The summed E-state index contributed by atoms with van der Waals surface area (Å²) in [6, 6.07) is 10.9. The van der Waals surface area contributed by atoms with Crippen LogP contribution in [0.4, 0.5) is 5.69 Å². The number of benzene rings is 1. The van der Waals surface area contributed by atoms with Crippen molar-refractivity contribution in [3.8, 4) is 0 Å². The van der Waals surface area contributed by atoms with Crippen LogP contribution in [0.5, 0.6) is 0 Å². The van der Waals surface area contributed by atoms with Crippen LogP contribution < -0.4 is 16.1 Å². The largest absolute Gasteiger partial charge is 0.352 e. The Morgan fingerprint density at radius 1 is 1.15 bits per heavy atom. The SMILES string of the molecule is CCn1ccc(=O)c(NC(=O)C(=O)N[C@H](c2ccccc2)C2CCC2)c1. The first-order chi connectivity index (χ1) is 12.6. The Morgan fingerprint density at radius 3 is 2.50 bits per heavy atom. The van der Waals surface area contributed by atoms with E-state index in [2.05, 4.69) is 10.6 Å². The van der Waals surface area contributed by atoms with Crippen LogP contribution in [-0.2, 0) is 16.1 Å². The van der Waals surface area contributed by atoms with Crippen molar-refractivity contribution in [3.05, 3.63) is 64.6 Å². The molecule has 1 aromatic carbocycles. The zero-order valence-corrected chi connectivity index (χ0v) is 14.8. The molecule has 26 heavy (non-hydrogen) atoms. The van der Waals surface area contributed by atoms with Crippen LogP contribution in [0.1, 0.15) is 37.8 Å². The molecular formula is C20H23N3O3. The maximum absolute atomic E-state index is 12.4. The van der Waals surface area contributed by atoms with E-state index in [1.807, 2.05) is 37.3 Å². The fourth-order valence-electron chi connectivity index (χ4n) is 3.11. The number of anilines is 1. The molecule has 1 aliphatic rings. The van der Waals surface area contributed by atoms with Gasteiger partial charge in [0.25, 0.3) is 0 Å². The standard InChI is InChI=1S/C20H23N3O3/c1-2-23-12-11-17(24)16(13-23)21-19(25)20(26)22-18(15-9-6-10-15)14-7-4-3-5-8-14/h3-5,7-8,11-13,15,18H,2,6,9-10H2,1H3,(H,21,25)(H,22,26)/t18-/m1/s1. The minimum absolute atomic E-state index is 0.106. The molecule has 1 saturated carbocycles. The van der Waals surface area contributed by atoms with Crippen molar-refractivity contribution >= 4 is 17.5 Å². The first-order valence-corrected chi connectivity index (χ1v) is 8.95. The highest BCUT2D eigenvalue weighted by molar-refractivity contribution is 6.39. The number of rotatable bonds is 5. The van der Waals surface area contributed by atoms with E-state index in [4.69, 9.17) is 0 Å². The summed E-state index contributed by atoms with van der Waals surface area (Å²) >= 11 is 0. The molecule has 2 amide bonds. The molecule has 1 fully saturated rings. The monoisotopic (exact) mass is 353 g/mol. The number of amides is 2. The van der Waals surface area contributed by atoms with E-state index in [0.717, 1.165) is 24.8 Å². The maximum Gasteiger partial charge on any atom is 0.313 e. The minimum Gasteiger partial charge on any atom is -0.352 e. The number of hydrogen-bond donors (Lipinski definition) is 2. The van der Waals surface area contributed by atoms with E-state index in [1.54, 1.807) is 10.8 Å². The summed E-state index contributed by atoms with van der Waals surface area (Å²) in [7, 11) is 0. The van der Waals surface area contributed by atoms with Crippen molar-refractivity contribution in [2.75, 3.05) is 5.32 Å². The zero-order chi connectivity index (χ0) is 18.5. The summed E-state index contributed by atoms with van der Waals surface area (Å²) in [5.74, 6) is -1.21. The van der Waals surface area contributed by atoms with E-state index in [0.29, 0.717) is 12.5 Å². The molecule has 0 unspecified atom stereocenters. The van der Waals surface area contributed by atoms with Crippen molar-refractivity contribution in [1.29, 1.82) is 0 Å². The number of nitrogens with one attached hydrogen (secondary N) is 2. The Kier molecular flexibility index (Phi) is 5.51. The highest BCUT2D eigenvalue weighted by atomic mass is 16.2. The lowest BCUT2D eigenvalue weighted by atomic mass is 9.77. The highest BCUT2D eigenvalue weighted by Crippen LogP contribution is 2.37. The van der Waals surface area contributed by atoms with Gasteiger partial charge < -0.3 is 15.2 Å². The summed E-state index contributed by atoms with van der Waals surface area (Å²) in [6.45, 7) is 2.58. The van der Waals surface area contributed by atoms with Crippen molar-refractivity contribution in [3.63, 3.8) is 0 Å². The van der Waals surface area contributed by atoms with Gasteiger partial charge in [0.05, 0.1) is 6.04 Å². The van der Waals surface area contributed by atoms with Gasteiger partial charge in [0.1, 0.15) is 5.69 Å². The van der Waals surface area contributed by atoms with E-state index >= 15 is 0 Å². The molecule has 1 heterocycles. The summed E-state index contributed by atoms with van der Waals surface area (Å²) in [5, 5.41) is 5.28. The van der Waals surface area contributed by atoms with Crippen LogP contribution in [0.15, 0.2) is 53.6 Å². The first-order valence-electron chi connectivity index (χ1n) is 8.95. The molecule has 6 heteroatoms. The molecule has 3 rings (SSSR count). The Hall–Kier alpha value is -2.89. The predicted octanol–water partition coefficient (Wildman–Crippen LogP) is 2.46. The number of aryl methyl sites for hydroxylation is 1. The van der Waals surface area contributed by atoms with Crippen molar-refractivity contribution in [1.82, 2.24) is 9.88 Å². The lowest BCUT2D eigenvalue weighted by molar-refractivity contribution is -0.137. The van der Waals surface area contributed by atoms with Crippen LogP contribution in [0.2, 0.25) is 0 Å². The maximum atomic E-state index is 12.4. The molecule has 2 N–H and O–H groups in total. The highest BCUT2D eigenvalue weighted by Gasteiger charge is 2.31. The number of pyridine rings is 1. The Labute approximate surface area is 152 Å². The van der Waals surface area contributed by atoms with E-state index in [9.17, 15) is 14.4 Å². The molecule has 1 aromatic heterocycles. The van der Waals surface area contributed by atoms with Gasteiger partial charge in [-0.15, -0.1) is 0 Å². The molecule has 6 nitrogen and oxygen atoms in total. The van der Waals surface area contributed by atoms with Crippen LogP contribution in [-0.4, -0.2) is 16.4 Å². The van der Waals surface area contributed by atoms with Gasteiger partial charge in [0.15, 0.2) is 0 Å². The lowest BCUT2D eigenvalue weighted by Crippen LogP contribution is -2.42. The molecule has 0 spiro atoms. The number of carbonyl (C=O) groups is 2. The third-order valence-electron chi connectivity index (χ3n) is 4.86. The molecule has 2 aromatic rings. The van der Waals surface area contributed by atoms with E-state index in [1.165, 1.54) is 12.3 Å². The minimum atomic E-state index is -0.823. The average molecular weight is 353 g/mol. The number of aromatic nitrogens is 1. The Morgan fingerprint density at radius 2 is 1.88 bits per heavy atom. The molecular weight excluding hydrogens is 330 g/mol. The van der Waals surface area contributed by atoms with Crippen molar-refractivity contribution in [2.24, 2.45) is 5.92 Å². The third kappa shape index (κ3) is 4.02. The summed E-state index contributed by atoms with van der Waals surface area (Å²) in [4.78, 5) is 36.6. The number of nitrogens with zero attached hydrogens (tertiary/aromatic N) is 1. The zero-order valence-electron chi connectivity index (χ0n) is 14.8. The second kappa shape index (κ2) is 7.99. The van der Waals surface area contributed by atoms with Gasteiger partial charge in [-0.2, -0.15) is 0 Å². The van der Waals surface area contributed by atoms with Gasteiger partial charge in [-0.05, 0) is 31.2 Å². The molecule has 1 atom stereocenters. The first kappa shape index (κ1) is 17.9. The Balaban J connectivity index is 1.71. The van der Waals surface area contributed by atoms with Gasteiger partial charge in [0, 0.05) is 25.0 Å². The fourth-order valence-corrected chi connectivity index (χ4v) is 3.11. The second-order valence-electron chi connectivity index (χ2n) is 6.56. The molecule has 1 aliphatic carbocycles. The summed E-state index contributed by atoms with van der Waals surface area (Å²) in [6.07, 6.45) is 6.37. The topological polar surface area (TPSA) is 80.2 Å². The summed E-state index contributed by atoms with van der Waals surface area (Å²) in [5.41, 5.74) is 0.773. The second-order valence-corrected chi connectivity index (χ2v) is 6.56. The van der Waals surface area contributed by atoms with E-state index in [-0.39, 0.29) is 17.2 Å². The molecule has 136 valence electrons. The molecule has 0 saturated heterocycles. The predicted molar refractivity (Wildman–Crippen MR) is 99.7 cm³/mol. The Bertz CT molecular complexity index is 841. The fraction of sp³-hybridized carbons (Fsp3) is 0.350. The van der Waals surface area contributed by atoms with Gasteiger partial charge in [0.2, 0.25) is 5.43 Å². The van der Waals surface area contributed by atoms with Crippen LogP contribution in [0.25, 0.3) is 0 Å². The van der Waals surface area contributed by atoms with Gasteiger partial charge in [-0.25, -0.2) is 0 Å². The molecule has 0 radical (unpaired) electrons. The van der Waals surface area contributed by atoms with E-state index < -0.39 is 11.8 Å². The lowest BCUT2D eigenvalue weighted by Gasteiger charge is -2.34. The van der Waals surface area contributed by atoms with Gasteiger partial charge in [-0.3, -0.25) is 14.4 Å². The number of carbonyl (C=O) groups excluding carboxylic acids is 2. The van der Waals surface area contributed by atoms with Crippen LogP contribution in [0.3, 0.4) is 0 Å². The van der Waals surface area contributed by atoms with Gasteiger partial charge >= 0.3 is 11.8 Å².